The van der Waals surface area contributed by atoms with Crippen LogP contribution in [0.4, 0.5) is 0 Å². The van der Waals surface area contributed by atoms with E-state index < -0.39 is 0 Å². The largest absolute Gasteiger partial charge is 0.329 e. The number of nitrogens with two attached hydrogens (primary N) is 1. The van der Waals surface area contributed by atoms with Crippen molar-refractivity contribution in [1.29, 1.82) is 0 Å². The van der Waals surface area contributed by atoms with Crippen molar-refractivity contribution in [3.63, 3.8) is 0 Å². The maximum atomic E-state index is 6.13. The Morgan fingerprint density at radius 3 is 2.25 bits per heavy atom. The van der Waals surface area contributed by atoms with Gasteiger partial charge in [0, 0.05) is 16.6 Å². The van der Waals surface area contributed by atoms with Crippen molar-refractivity contribution in [3.8, 4) is 0 Å². The van der Waals surface area contributed by atoms with Gasteiger partial charge in [-0.05, 0) is 62.4 Å². The molecule has 2 rings (SSSR count). The maximum Gasteiger partial charge on any atom is 0.0343 e. The molecule has 0 spiro atoms. The molecule has 0 aromatic heterocycles. The van der Waals surface area contributed by atoms with E-state index in [-0.39, 0.29) is 5.54 Å². The van der Waals surface area contributed by atoms with Crippen LogP contribution in [0.3, 0.4) is 0 Å². The van der Waals surface area contributed by atoms with Crippen LogP contribution in [0.1, 0.15) is 39.2 Å². The molecule has 112 valence electrons. The first kappa shape index (κ1) is 16.0. The lowest BCUT2D eigenvalue weighted by Crippen LogP contribution is -2.56. The number of benzene rings is 1. The van der Waals surface area contributed by atoms with Crippen LogP contribution in [0.25, 0.3) is 0 Å². The molecular weight excluding hydrogens is 312 g/mol. The minimum Gasteiger partial charge on any atom is -0.329 e. The van der Waals surface area contributed by atoms with Gasteiger partial charge in [-0.15, -0.1) is 0 Å². The highest BCUT2D eigenvalue weighted by Gasteiger charge is 2.35. The van der Waals surface area contributed by atoms with Gasteiger partial charge in [0.25, 0.3) is 0 Å². The summed E-state index contributed by atoms with van der Waals surface area (Å²) in [5.41, 5.74) is 8.06. The first-order chi connectivity index (χ1) is 9.35. The molecule has 1 aromatic carbocycles. The molecule has 0 radical (unpaired) electrons. The number of likely N-dealkylation sites (tertiary alicyclic amines) is 1. The lowest BCUT2D eigenvalue weighted by Gasteiger charge is -2.47. The molecule has 0 aliphatic carbocycles. The summed E-state index contributed by atoms with van der Waals surface area (Å²) in [4.78, 5) is 2.60. The predicted molar refractivity (Wildman–Crippen MR) is 89.9 cm³/mol. The van der Waals surface area contributed by atoms with Gasteiger partial charge in [-0.1, -0.05) is 41.9 Å². The summed E-state index contributed by atoms with van der Waals surface area (Å²) in [6.07, 6.45) is 3.56. The van der Waals surface area contributed by atoms with Crippen LogP contribution in [0, 0.1) is 5.41 Å². The summed E-state index contributed by atoms with van der Waals surface area (Å²) < 4.78 is 1.13. The second-order valence-electron chi connectivity index (χ2n) is 7.16. The number of halogens is 1. The average Bonchev–Trinajstić information content (AvgIpc) is 2.41. The van der Waals surface area contributed by atoms with Gasteiger partial charge < -0.3 is 5.73 Å². The fourth-order valence-corrected chi connectivity index (χ4v) is 3.27. The van der Waals surface area contributed by atoms with Gasteiger partial charge in [0.1, 0.15) is 0 Å². The summed E-state index contributed by atoms with van der Waals surface area (Å²) in [5, 5.41) is 0. The second kappa shape index (κ2) is 6.17. The summed E-state index contributed by atoms with van der Waals surface area (Å²) in [5.74, 6) is 0. The number of hydrogen-bond donors (Lipinski definition) is 1. The van der Waals surface area contributed by atoms with Crippen molar-refractivity contribution in [2.75, 3.05) is 19.6 Å². The van der Waals surface area contributed by atoms with Crippen LogP contribution < -0.4 is 5.73 Å². The molecule has 2 N–H and O–H groups in total. The van der Waals surface area contributed by atoms with Crippen LogP contribution in [-0.4, -0.2) is 30.1 Å². The van der Waals surface area contributed by atoms with E-state index in [1.54, 1.807) is 0 Å². The van der Waals surface area contributed by atoms with E-state index in [4.69, 9.17) is 5.73 Å². The molecule has 1 unspecified atom stereocenters. The van der Waals surface area contributed by atoms with Gasteiger partial charge >= 0.3 is 0 Å². The highest BCUT2D eigenvalue weighted by molar-refractivity contribution is 9.10. The normalized spacial score (nSPS) is 22.4. The van der Waals surface area contributed by atoms with Crippen molar-refractivity contribution < 1.29 is 0 Å². The Morgan fingerprint density at radius 1 is 1.20 bits per heavy atom. The molecule has 20 heavy (non-hydrogen) atoms. The Kier molecular flexibility index (Phi) is 4.93. The summed E-state index contributed by atoms with van der Waals surface area (Å²) in [6.45, 7) is 10.1. The van der Waals surface area contributed by atoms with Crippen LogP contribution in [0.2, 0.25) is 0 Å². The number of hydrogen-bond acceptors (Lipinski definition) is 2. The molecule has 1 aliphatic rings. The SMILES string of the molecule is CC1(C)CCN(C(C)(CN)Cc2ccc(Br)cc2)CC1. The zero-order valence-corrected chi connectivity index (χ0v) is 14.5. The quantitative estimate of drug-likeness (QED) is 0.903. The summed E-state index contributed by atoms with van der Waals surface area (Å²) >= 11 is 3.50. The number of piperidine rings is 1. The van der Waals surface area contributed by atoms with Crippen LogP contribution in [0.15, 0.2) is 28.7 Å². The van der Waals surface area contributed by atoms with E-state index in [1.807, 2.05) is 0 Å². The summed E-state index contributed by atoms with van der Waals surface area (Å²) in [7, 11) is 0. The van der Waals surface area contributed by atoms with Crippen molar-refractivity contribution in [1.82, 2.24) is 4.90 Å². The third kappa shape index (κ3) is 3.84. The minimum atomic E-state index is 0.0737. The number of rotatable bonds is 4. The zero-order chi connectivity index (χ0) is 14.8. The maximum absolute atomic E-state index is 6.13. The monoisotopic (exact) mass is 338 g/mol. The first-order valence-corrected chi connectivity index (χ1v) is 8.34. The van der Waals surface area contributed by atoms with Crippen molar-refractivity contribution in [3.05, 3.63) is 34.3 Å². The second-order valence-corrected chi connectivity index (χ2v) is 8.07. The van der Waals surface area contributed by atoms with E-state index in [1.165, 1.54) is 18.4 Å². The van der Waals surface area contributed by atoms with Crippen LogP contribution in [0.5, 0.6) is 0 Å². The van der Waals surface area contributed by atoms with Gasteiger partial charge in [-0.2, -0.15) is 0 Å². The third-order valence-corrected chi connectivity index (χ3v) is 5.35. The van der Waals surface area contributed by atoms with E-state index >= 15 is 0 Å². The van der Waals surface area contributed by atoms with E-state index in [0.717, 1.165) is 24.0 Å². The highest BCUT2D eigenvalue weighted by atomic mass is 79.9. The fourth-order valence-electron chi connectivity index (χ4n) is 3.01. The van der Waals surface area contributed by atoms with Gasteiger partial charge in [0.05, 0.1) is 0 Å². The molecule has 1 atom stereocenters. The van der Waals surface area contributed by atoms with Gasteiger partial charge in [-0.3, -0.25) is 4.90 Å². The average molecular weight is 339 g/mol. The molecule has 1 saturated heterocycles. The number of nitrogens with zero attached hydrogens (tertiary/aromatic N) is 1. The van der Waals surface area contributed by atoms with Gasteiger partial charge in [0.2, 0.25) is 0 Å². The molecule has 1 aliphatic heterocycles. The van der Waals surface area contributed by atoms with E-state index in [9.17, 15) is 0 Å². The molecule has 1 heterocycles. The van der Waals surface area contributed by atoms with Gasteiger partial charge in [0.15, 0.2) is 0 Å². The predicted octanol–water partition coefficient (Wildman–Crippen LogP) is 3.83. The molecular formula is C17H27BrN2. The standard InChI is InChI=1S/C17H27BrN2/c1-16(2)8-10-20(11-9-16)17(3,13-19)12-14-4-6-15(18)7-5-14/h4-7H,8-13,19H2,1-3H3. The van der Waals surface area contributed by atoms with Crippen molar-refractivity contribution in [2.45, 2.75) is 45.6 Å². The van der Waals surface area contributed by atoms with Crippen LogP contribution in [-0.2, 0) is 6.42 Å². The van der Waals surface area contributed by atoms with E-state index in [2.05, 4.69) is 65.9 Å². The molecule has 3 heteroatoms. The fraction of sp³-hybridized carbons (Fsp3) is 0.647. The Morgan fingerprint density at radius 2 is 1.75 bits per heavy atom. The lowest BCUT2D eigenvalue weighted by atomic mass is 9.80. The van der Waals surface area contributed by atoms with Crippen molar-refractivity contribution in [2.24, 2.45) is 11.1 Å². The summed E-state index contributed by atoms with van der Waals surface area (Å²) in [6, 6.07) is 8.63. The van der Waals surface area contributed by atoms with Gasteiger partial charge in [-0.25, -0.2) is 0 Å². The molecule has 2 nitrogen and oxygen atoms in total. The van der Waals surface area contributed by atoms with Crippen LogP contribution >= 0.6 is 15.9 Å². The Balaban J connectivity index is 2.07. The smallest absolute Gasteiger partial charge is 0.0343 e. The van der Waals surface area contributed by atoms with Crippen molar-refractivity contribution >= 4 is 15.9 Å². The topological polar surface area (TPSA) is 29.3 Å². The molecule has 0 amide bonds. The molecule has 0 bridgehead atoms. The Bertz CT molecular complexity index is 431. The first-order valence-electron chi connectivity index (χ1n) is 7.54. The molecule has 1 fully saturated rings. The van der Waals surface area contributed by atoms with E-state index in [0.29, 0.717) is 12.0 Å². The Hall–Kier alpha value is -0.380. The zero-order valence-electron chi connectivity index (χ0n) is 13.0. The Labute approximate surface area is 131 Å². The highest BCUT2D eigenvalue weighted by Crippen LogP contribution is 2.33. The molecule has 0 saturated carbocycles. The lowest BCUT2D eigenvalue weighted by molar-refractivity contribution is 0.0430. The molecule has 1 aromatic rings. The third-order valence-electron chi connectivity index (χ3n) is 4.82. The minimum absolute atomic E-state index is 0.0737.